The number of halogens is 1. The fraction of sp³-hybridized carbons (Fsp3) is 0.220. The minimum absolute atomic E-state index is 0.123. The Balaban J connectivity index is 1.44. The number of aromatic nitrogens is 1. The first-order valence-corrected chi connectivity index (χ1v) is 18.2. The van der Waals surface area contributed by atoms with Gasteiger partial charge in [0.15, 0.2) is 27.8 Å². The van der Waals surface area contributed by atoms with Gasteiger partial charge in [0.2, 0.25) is 0 Å². The molecule has 2 heterocycles. The molecule has 6 rings (SSSR count). The van der Waals surface area contributed by atoms with Gasteiger partial charge in [-0.2, -0.15) is 0 Å². The van der Waals surface area contributed by atoms with E-state index in [0.29, 0.717) is 60.3 Å². The van der Waals surface area contributed by atoms with Crippen LogP contribution in [0.5, 0.6) is 23.0 Å². The smallest absolute Gasteiger partial charge is 0.338 e. The number of hydrogen-bond donors (Lipinski definition) is 0. The van der Waals surface area contributed by atoms with E-state index in [9.17, 15) is 14.4 Å². The highest BCUT2D eigenvalue weighted by atomic mass is 35.5. The molecule has 1 aliphatic rings. The summed E-state index contributed by atoms with van der Waals surface area (Å²) < 4.78 is 35.3. The summed E-state index contributed by atoms with van der Waals surface area (Å²) in [5, 5.41) is 0.260. The summed E-state index contributed by atoms with van der Waals surface area (Å²) in [6, 6.07) is 23.9. The zero-order chi connectivity index (χ0) is 38.4. The molecular formula is C41H37ClN2O9S. The van der Waals surface area contributed by atoms with Crippen LogP contribution in [-0.4, -0.2) is 51.0 Å². The third-order valence-corrected chi connectivity index (χ3v) is 9.76. The average Bonchev–Trinajstić information content (AvgIpc) is 3.50. The van der Waals surface area contributed by atoms with Crippen molar-refractivity contribution in [1.82, 2.24) is 4.57 Å². The van der Waals surface area contributed by atoms with Gasteiger partial charge in [-0.15, -0.1) is 0 Å². The predicted molar refractivity (Wildman–Crippen MR) is 205 cm³/mol. The first kappa shape index (κ1) is 37.9. The highest BCUT2D eigenvalue weighted by Crippen LogP contribution is 2.39. The second-order valence-electron chi connectivity index (χ2n) is 11.8. The van der Waals surface area contributed by atoms with Gasteiger partial charge in [0.25, 0.3) is 5.56 Å². The van der Waals surface area contributed by atoms with Crippen LogP contribution in [0, 0.1) is 0 Å². The Kier molecular flexibility index (Phi) is 11.8. The lowest BCUT2D eigenvalue weighted by Gasteiger charge is -2.26. The normalized spacial score (nSPS) is 13.8. The van der Waals surface area contributed by atoms with E-state index < -0.39 is 18.0 Å². The topological polar surface area (TPSA) is 124 Å². The Labute approximate surface area is 320 Å². The molecule has 0 spiro atoms. The Hall–Kier alpha value is -5.85. The number of esters is 2. The molecule has 13 heteroatoms. The molecule has 1 aromatic heterocycles. The molecule has 4 aromatic carbocycles. The van der Waals surface area contributed by atoms with Gasteiger partial charge in [-0.3, -0.25) is 9.36 Å². The van der Waals surface area contributed by atoms with Crippen molar-refractivity contribution in [3.8, 4) is 23.0 Å². The number of nitrogens with zero attached hydrogens (tertiary/aromatic N) is 2. The highest BCUT2D eigenvalue weighted by molar-refractivity contribution is 7.07. The lowest BCUT2D eigenvalue weighted by molar-refractivity contribution is -0.138. The van der Waals surface area contributed by atoms with Crippen LogP contribution < -0.4 is 33.8 Å². The second kappa shape index (κ2) is 16.9. The molecule has 0 saturated carbocycles. The molecule has 0 unspecified atom stereocenters. The van der Waals surface area contributed by atoms with E-state index in [0.717, 1.165) is 5.56 Å². The van der Waals surface area contributed by atoms with Crippen molar-refractivity contribution in [3.05, 3.63) is 143 Å². The molecule has 278 valence electrons. The van der Waals surface area contributed by atoms with Crippen molar-refractivity contribution in [1.29, 1.82) is 0 Å². The van der Waals surface area contributed by atoms with E-state index in [-0.39, 0.29) is 36.0 Å². The highest BCUT2D eigenvalue weighted by Gasteiger charge is 2.35. The van der Waals surface area contributed by atoms with Crippen molar-refractivity contribution in [3.63, 3.8) is 0 Å². The zero-order valence-corrected chi connectivity index (χ0v) is 31.8. The predicted octanol–water partition coefficient (Wildman–Crippen LogP) is 6.37. The van der Waals surface area contributed by atoms with Crippen LogP contribution in [0.25, 0.3) is 11.8 Å². The van der Waals surface area contributed by atoms with Crippen LogP contribution in [0.2, 0.25) is 5.02 Å². The minimum Gasteiger partial charge on any atom is -0.493 e. The van der Waals surface area contributed by atoms with E-state index in [1.807, 2.05) is 30.3 Å². The van der Waals surface area contributed by atoms with Crippen molar-refractivity contribution in [2.75, 3.05) is 34.5 Å². The molecule has 0 saturated heterocycles. The van der Waals surface area contributed by atoms with Crippen LogP contribution in [0.4, 0.5) is 0 Å². The third kappa shape index (κ3) is 7.75. The molecule has 5 aromatic rings. The number of rotatable bonds is 13. The number of methoxy groups -OCH3 is 3. The fourth-order valence-electron chi connectivity index (χ4n) is 6.00. The first-order chi connectivity index (χ1) is 26.2. The van der Waals surface area contributed by atoms with E-state index in [1.54, 1.807) is 74.5 Å². The number of carbonyl (C=O) groups excluding carboxylic acids is 2. The monoisotopic (exact) mass is 768 g/mol. The number of ether oxygens (including phenoxy) is 6. The Morgan fingerprint density at radius 1 is 0.833 bits per heavy atom. The average molecular weight is 769 g/mol. The molecular weight excluding hydrogens is 732 g/mol. The molecule has 0 fully saturated rings. The molecule has 0 amide bonds. The zero-order valence-electron chi connectivity index (χ0n) is 30.2. The maximum absolute atomic E-state index is 14.5. The molecule has 11 nitrogen and oxygen atoms in total. The molecule has 1 aliphatic heterocycles. The molecule has 0 N–H and O–H groups in total. The third-order valence-electron chi connectivity index (χ3n) is 8.49. The maximum atomic E-state index is 14.5. The molecule has 54 heavy (non-hydrogen) atoms. The SMILES string of the molecule is CCOC(=O)C1=C(c2ccccc2)N=c2s/c(=C\c3cc(Cl)c(OCc4ccc(C(=O)OCC)cc4)c(OC)c3)c(=O)n2[C@H]1c1ccc(OC)c(OC)c1. The van der Waals surface area contributed by atoms with Crippen molar-refractivity contribution < 1.29 is 38.0 Å². The van der Waals surface area contributed by atoms with Gasteiger partial charge >= 0.3 is 11.9 Å². The van der Waals surface area contributed by atoms with Crippen molar-refractivity contribution >= 4 is 46.6 Å². The van der Waals surface area contributed by atoms with Crippen LogP contribution in [0.1, 0.15) is 52.5 Å². The van der Waals surface area contributed by atoms with Gasteiger partial charge in [-0.05, 0) is 73.0 Å². The largest absolute Gasteiger partial charge is 0.493 e. The van der Waals surface area contributed by atoms with E-state index in [1.165, 1.54) is 37.2 Å². The molecule has 0 aliphatic carbocycles. The van der Waals surface area contributed by atoms with Crippen LogP contribution in [0.3, 0.4) is 0 Å². The summed E-state index contributed by atoms with van der Waals surface area (Å²) in [6.45, 7) is 4.04. The summed E-state index contributed by atoms with van der Waals surface area (Å²) in [5.74, 6) is 0.581. The number of hydrogen-bond acceptors (Lipinski definition) is 11. The van der Waals surface area contributed by atoms with Gasteiger partial charge in [-0.1, -0.05) is 71.5 Å². The summed E-state index contributed by atoms with van der Waals surface area (Å²) >= 11 is 7.92. The van der Waals surface area contributed by atoms with Crippen LogP contribution in [0.15, 0.2) is 100 Å². The van der Waals surface area contributed by atoms with Gasteiger partial charge < -0.3 is 28.4 Å². The summed E-state index contributed by atoms with van der Waals surface area (Å²) in [4.78, 5) is 45.6. The minimum atomic E-state index is -0.919. The van der Waals surface area contributed by atoms with Crippen molar-refractivity contribution in [2.45, 2.75) is 26.5 Å². The fourth-order valence-corrected chi connectivity index (χ4v) is 7.27. The molecule has 0 radical (unpaired) electrons. The Morgan fingerprint density at radius 3 is 2.19 bits per heavy atom. The number of thiazole rings is 1. The molecule has 0 bridgehead atoms. The van der Waals surface area contributed by atoms with Crippen molar-refractivity contribution in [2.24, 2.45) is 4.99 Å². The van der Waals surface area contributed by atoms with Gasteiger partial charge in [0.1, 0.15) is 6.61 Å². The van der Waals surface area contributed by atoms with E-state index in [4.69, 9.17) is 45.0 Å². The van der Waals surface area contributed by atoms with Crippen LogP contribution in [-0.2, 0) is 20.9 Å². The van der Waals surface area contributed by atoms with Crippen LogP contribution >= 0.6 is 22.9 Å². The maximum Gasteiger partial charge on any atom is 0.338 e. The number of fused-ring (bicyclic) bond motifs is 1. The number of benzene rings is 4. The number of carbonyl (C=O) groups is 2. The summed E-state index contributed by atoms with van der Waals surface area (Å²) in [5.41, 5.74) is 3.30. The first-order valence-electron chi connectivity index (χ1n) is 17.0. The van der Waals surface area contributed by atoms with E-state index in [2.05, 4.69) is 0 Å². The Bertz CT molecular complexity index is 2400. The van der Waals surface area contributed by atoms with E-state index >= 15 is 0 Å². The lowest BCUT2D eigenvalue weighted by Crippen LogP contribution is -2.40. The van der Waals surface area contributed by atoms with Gasteiger partial charge in [0.05, 0.1) is 67.0 Å². The summed E-state index contributed by atoms with van der Waals surface area (Å²) in [6.07, 6.45) is 1.69. The Morgan fingerprint density at radius 2 is 1.52 bits per heavy atom. The lowest BCUT2D eigenvalue weighted by atomic mass is 9.93. The van der Waals surface area contributed by atoms with Gasteiger partial charge in [-0.25, -0.2) is 14.6 Å². The second-order valence-corrected chi connectivity index (χ2v) is 13.2. The molecule has 1 atom stereocenters. The summed E-state index contributed by atoms with van der Waals surface area (Å²) in [7, 11) is 4.55. The van der Waals surface area contributed by atoms with Gasteiger partial charge in [0, 0.05) is 5.56 Å². The quantitative estimate of drug-likeness (QED) is 0.126. The standard InChI is InChI=1S/C41H37ClN2O9S/c1-6-51-39(46)27-15-13-24(14-16-27)23-53-37-29(42)19-25(20-32(37)50-5)21-33-38(45)44-36(28-17-18-30(48-3)31(22-28)49-4)34(40(47)52-7-2)35(43-41(44)54-33)26-11-9-8-10-12-26/h8-22,36H,6-7,23H2,1-5H3/b33-21-/t36-/m0/s1.